The molecule has 1 aliphatic carbocycles. The number of nitrogens with one attached hydrogen (secondary N) is 2. The van der Waals surface area contributed by atoms with Crippen molar-refractivity contribution in [2.24, 2.45) is 0 Å². The summed E-state index contributed by atoms with van der Waals surface area (Å²) in [6, 6.07) is 4.27. The van der Waals surface area contributed by atoms with Gasteiger partial charge in [-0.3, -0.25) is 0 Å². The van der Waals surface area contributed by atoms with Gasteiger partial charge in [0.05, 0.1) is 25.8 Å². The molecule has 2 amide bonds. The van der Waals surface area contributed by atoms with Gasteiger partial charge in [-0.1, -0.05) is 12.8 Å². The average Bonchev–Trinajstić information content (AvgIpc) is 2.95. The van der Waals surface area contributed by atoms with Crippen LogP contribution < -0.4 is 20.1 Å². The van der Waals surface area contributed by atoms with Gasteiger partial charge in [-0.2, -0.15) is 0 Å². The van der Waals surface area contributed by atoms with Crippen LogP contribution in [0.25, 0.3) is 0 Å². The highest BCUT2D eigenvalue weighted by atomic mass is 16.5. The van der Waals surface area contributed by atoms with Gasteiger partial charge in [0.15, 0.2) is 0 Å². The summed E-state index contributed by atoms with van der Waals surface area (Å²) in [7, 11) is 3.11. The quantitative estimate of drug-likeness (QED) is 0.595. The van der Waals surface area contributed by atoms with Crippen molar-refractivity contribution in [3.63, 3.8) is 0 Å². The van der Waals surface area contributed by atoms with Crippen LogP contribution in [0.4, 0.5) is 4.79 Å². The molecule has 7 heteroatoms. The van der Waals surface area contributed by atoms with Gasteiger partial charge < -0.3 is 24.8 Å². The Hall–Kier alpha value is -2.70. The van der Waals surface area contributed by atoms with Gasteiger partial charge in [-0.15, -0.1) is 0 Å². The molecule has 0 spiro atoms. The lowest BCUT2D eigenvalue weighted by Crippen LogP contribution is -2.45. The van der Waals surface area contributed by atoms with Crippen molar-refractivity contribution < 1.29 is 23.8 Å². The molecule has 28 heavy (non-hydrogen) atoms. The van der Waals surface area contributed by atoms with E-state index >= 15 is 0 Å². The molecule has 2 N–H and O–H groups in total. The van der Waals surface area contributed by atoms with Gasteiger partial charge >= 0.3 is 12.0 Å². The zero-order valence-corrected chi connectivity index (χ0v) is 16.7. The van der Waals surface area contributed by atoms with Crippen molar-refractivity contribution in [1.29, 1.82) is 0 Å². The van der Waals surface area contributed by atoms with Crippen molar-refractivity contribution in [3.8, 4) is 11.5 Å². The van der Waals surface area contributed by atoms with Crippen LogP contribution in [0.15, 0.2) is 29.5 Å². The Kier molecular flexibility index (Phi) is 6.44. The fourth-order valence-electron chi connectivity index (χ4n) is 3.83. The Labute approximate surface area is 165 Å². The minimum absolute atomic E-state index is 0.0775. The fourth-order valence-corrected chi connectivity index (χ4v) is 3.83. The molecule has 1 aromatic rings. The smallest absolute Gasteiger partial charge is 0.338 e. The van der Waals surface area contributed by atoms with Gasteiger partial charge in [0.25, 0.3) is 0 Å². The predicted octanol–water partition coefficient (Wildman–Crippen LogP) is 3.60. The van der Waals surface area contributed by atoms with E-state index in [1.54, 1.807) is 39.3 Å². The Bertz CT molecular complexity index is 766. The number of hydrogen-bond donors (Lipinski definition) is 2. The Morgan fingerprint density at radius 3 is 2.43 bits per heavy atom. The number of hydrogen-bond acceptors (Lipinski definition) is 5. The van der Waals surface area contributed by atoms with E-state index in [0.29, 0.717) is 28.3 Å². The van der Waals surface area contributed by atoms with Crippen LogP contribution in [0.2, 0.25) is 0 Å². The van der Waals surface area contributed by atoms with E-state index < -0.39 is 12.0 Å². The predicted molar refractivity (Wildman–Crippen MR) is 104 cm³/mol. The second-order valence-corrected chi connectivity index (χ2v) is 7.20. The Morgan fingerprint density at radius 1 is 1.07 bits per heavy atom. The fraction of sp³-hybridized carbons (Fsp3) is 0.524. The second-order valence-electron chi connectivity index (χ2n) is 7.20. The molecule has 2 aliphatic rings. The standard InChI is InChI=1S/C21H28N2O5/c1-13-18(20(24)28-14-8-6-4-5-7-9-14)19(23-21(25)22-13)16-11-10-15(26-2)12-17(16)27-3/h10-12,14,19H,4-9H2,1-3H3,(H2,22,23,25)/t19-/m0/s1. The molecule has 0 saturated heterocycles. The first-order chi connectivity index (χ1) is 13.5. The van der Waals surface area contributed by atoms with E-state index in [4.69, 9.17) is 14.2 Å². The lowest BCUT2D eigenvalue weighted by Gasteiger charge is -2.30. The third kappa shape index (κ3) is 4.40. The van der Waals surface area contributed by atoms with E-state index in [2.05, 4.69) is 10.6 Å². The summed E-state index contributed by atoms with van der Waals surface area (Å²) in [4.78, 5) is 25.2. The van der Waals surface area contributed by atoms with E-state index in [1.807, 2.05) is 0 Å². The van der Waals surface area contributed by atoms with Crippen molar-refractivity contribution in [2.75, 3.05) is 14.2 Å². The van der Waals surface area contributed by atoms with Crippen LogP contribution in [0.5, 0.6) is 11.5 Å². The van der Waals surface area contributed by atoms with E-state index in [1.165, 1.54) is 12.8 Å². The Morgan fingerprint density at radius 2 is 1.79 bits per heavy atom. The molecular formula is C21H28N2O5. The number of amides is 2. The largest absolute Gasteiger partial charge is 0.497 e. The normalized spacial score (nSPS) is 20.7. The van der Waals surface area contributed by atoms with Gasteiger partial charge in [-0.05, 0) is 44.7 Å². The molecule has 1 aromatic carbocycles. The first-order valence-electron chi connectivity index (χ1n) is 9.74. The molecule has 1 heterocycles. The molecule has 1 saturated carbocycles. The first-order valence-corrected chi connectivity index (χ1v) is 9.74. The highest BCUT2D eigenvalue weighted by Crippen LogP contribution is 2.36. The third-order valence-electron chi connectivity index (χ3n) is 5.32. The molecule has 1 atom stereocenters. The summed E-state index contributed by atoms with van der Waals surface area (Å²) in [6.45, 7) is 1.71. The van der Waals surface area contributed by atoms with Crippen LogP contribution in [0.1, 0.15) is 57.1 Å². The van der Waals surface area contributed by atoms with Gasteiger partial charge in [0.1, 0.15) is 17.6 Å². The van der Waals surface area contributed by atoms with Crippen molar-refractivity contribution in [2.45, 2.75) is 57.6 Å². The molecule has 1 aliphatic heterocycles. The van der Waals surface area contributed by atoms with Crippen molar-refractivity contribution >= 4 is 12.0 Å². The molecule has 7 nitrogen and oxygen atoms in total. The monoisotopic (exact) mass is 388 g/mol. The van der Waals surface area contributed by atoms with E-state index in [9.17, 15) is 9.59 Å². The number of esters is 1. The van der Waals surface area contributed by atoms with Crippen LogP contribution in [0.3, 0.4) is 0 Å². The molecule has 1 fully saturated rings. The number of rotatable bonds is 5. The lowest BCUT2D eigenvalue weighted by molar-refractivity contribution is -0.145. The third-order valence-corrected chi connectivity index (χ3v) is 5.32. The number of carbonyl (C=O) groups excluding carboxylic acids is 2. The maximum Gasteiger partial charge on any atom is 0.338 e. The van der Waals surface area contributed by atoms with Crippen LogP contribution >= 0.6 is 0 Å². The van der Waals surface area contributed by atoms with E-state index in [0.717, 1.165) is 25.7 Å². The molecular weight excluding hydrogens is 360 g/mol. The summed E-state index contributed by atoms with van der Waals surface area (Å²) >= 11 is 0. The molecule has 152 valence electrons. The van der Waals surface area contributed by atoms with Crippen molar-refractivity contribution in [3.05, 3.63) is 35.0 Å². The molecule has 0 unspecified atom stereocenters. The summed E-state index contributed by atoms with van der Waals surface area (Å²) in [6.07, 6.45) is 6.19. The maximum absolute atomic E-state index is 13.1. The highest BCUT2D eigenvalue weighted by molar-refractivity contribution is 5.95. The SMILES string of the molecule is COc1ccc([C@@H]2NC(=O)NC(C)=C2C(=O)OC2CCCCCC2)c(OC)c1. The minimum atomic E-state index is -0.659. The van der Waals surface area contributed by atoms with Gasteiger partial charge in [0.2, 0.25) is 0 Å². The second kappa shape index (κ2) is 8.99. The topological polar surface area (TPSA) is 85.9 Å². The molecule has 3 rings (SSSR count). The maximum atomic E-state index is 13.1. The van der Waals surface area contributed by atoms with E-state index in [-0.39, 0.29) is 12.1 Å². The number of benzene rings is 1. The van der Waals surface area contributed by atoms with Crippen LogP contribution in [-0.2, 0) is 9.53 Å². The Balaban J connectivity index is 1.91. The average molecular weight is 388 g/mol. The number of carbonyl (C=O) groups is 2. The molecule has 0 radical (unpaired) electrons. The first kappa shape index (κ1) is 20.0. The summed E-state index contributed by atoms with van der Waals surface area (Å²) < 4.78 is 16.6. The number of ether oxygens (including phenoxy) is 3. The molecule has 0 bridgehead atoms. The van der Waals surface area contributed by atoms with Crippen LogP contribution in [0, 0.1) is 0 Å². The van der Waals surface area contributed by atoms with Gasteiger partial charge in [-0.25, -0.2) is 9.59 Å². The van der Waals surface area contributed by atoms with Gasteiger partial charge in [0, 0.05) is 17.3 Å². The molecule has 0 aromatic heterocycles. The zero-order valence-electron chi connectivity index (χ0n) is 16.7. The van der Waals surface area contributed by atoms with Crippen LogP contribution in [-0.4, -0.2) is 32.3 Å². The zero-order chi connectivity index (χ0) is 20.1. The van der Waals surface area contributed by atoms with Crippen molar-refractivity contribution in [1.82, 2.24) is 10.6 Å². The number of allylic oxidation sites excluding steroid dienone is 1. The number of urea groups is 1. The minimum Gasteiger partial charge on any atom is -0.497 e. The summed E-state index contributed by atoms with van der Waals surface area (Å²) in [5.74, 6) is 0.753. The summed E-state index contributed by atoms with van der Waals surface area (Å²) in [5, 5.41) is 5.51. The lowest BCUT2D eigenvalue weighted by atomic mass is 9.94. The highest BCUT2D eigenvalue weighted by Gasteiger charge is 2.35. The number of methoxy groups -OCH3 is 2. The summed E-state index contributed by atoms with van der Waals surface area (Å²) in [5.41, 5.74) is 1.56.